The van der Waals surface area contributed by atoms with Crippen molar-refractivity contribution in [2.24, 2.45) is 0 Å². The molecule has 3 atom stereocenters. The molecule has 3 unspecified atom stereocenters. The summed E-state index contributed by atoms with van der Waals surface area (Å²) in [7, 11) is 2.18. The summed E-state index contributed by atoms with van der Waals surface area (Å²) in [6.45, 7) is 2.24. The van der Waals surface area contributed by atoms with Gasteiger partial charge in [0, 0.05) is 17.8 Å². The molecule has 15 heavy (non-hydrogen) atoms. The van der Waals surface area contributed by atoms with Crippen molar-refractivity contribution in [1.82, 2.24) is 4.90 Å². The van der Waals surface area contributed by atoms with Crippen LogP contribution in [0.4, 0.5) is 0 Å². The van der Waals surface area contributed by atoms with Gasteiger partial charge < -0.3 is 5.11 Å². The Bertz CT molecular complexity index is 177. The van der Waals surface area contributed by atoms with E-state index in [1.165, 1.54) is 31.4 Å². The molecule has 2 nitrogen and oxygen atoms in total. The van der Waals surface area contributed by atoms with Crippen LogP contribution in [0.25, 0.3) is 0 Å². The number of hydrogen-bond acceptors (Lipinski definition) is 3. The van der Waals surface area contributed by atoms with Gasteiger partial charge in [-0.3, -0.25) is 4.90 Å². The minimum Gasteiger partial charge on any atom is -0.391 e. The highest BCUT2D eigenvalue weighted by Crippen LogP contribution is 2.25. The Morgan fingerprint density at radius 3 is 2.60 bits per heavy atom. The van der Waals surface area contributed by atoms with E-state index in [4.69, 9.17) is 0 Å². The molecule has 0 aromatic carbocycles. The number of thioether (sulfide) groups is 1. The maximum absolute atomic E-state index is 10.0. The van der Waals surface area contributed by atoms with Gasteiger partial charge in [0.25, 0.3) is 0 Å². The van der Waals surface area contributed by atoms with Gasteiger partial charge in [-0.25, -0.2) is 0 Å². The Kier molecular flexibility index (Phi) is 6.02. The standard InChI is InChI=1S/C12H25NOS/c1-4-10(9-15-3)13(2)11-7-5-6-8-12(11)14/h10-12,14H,4-9H2,1-3H3. The third-order valence-corrected chi connectivity index (χ3v) is 4.34. The quantitative estimate of drug-likeness (QED) is 0.786. The summed E-state index contributed by atoms with van der Waals surface area (Å²) in [5.74, 6) is 1.18. The van der Waals surface area contributed by atoms with E-state index in [-0.39, 0.29) is 6.10 Å². The molecule has 0 saturated heterocycles. The molecule has 1 aliphatic carbocycles. The van der Waals surface area contributed by atoms with Crippen molar-refractivity contribution in [2.45, 2.75) is 57.2 Å². The van der Waals surface area contributed by atoms with Crippen molar-refractivity contribution in [3.05, 3.63) is 0 Å². The van der Waals surface area contributed by atoms with Gasteiger partial charge >= 0.3 is 0 Å². The van der Waals surface area contributed by atoms with Crippen LogP contribution in [0.3, 0.4) is 0 Å². The molecule has 1 aliphatic rings. The summed E-state index contributed by atoms with van der Waals surface area (Å²) >= 11 is 1.90. The first-order valence-corrected chi connectivity index (χ1v) is 7.49. The molecular formula is C12H25NOS. The van der Waals surface area contributed by atoms with Crippen LogP contribution >= 0.6 is 11.8 Å². The minimum absolute atomic E-state index is 0.0975. The van der Waals surface area contributed by atoms with E-state index in [1.54, 1.807) is 0 Å². The third kappa shape index (κ3) is 3.65. The second-order valence-electron chi connectivity index (χ2n) is 4.60. The molecule has 0 amide bonds. The van der Waals surface area contributed by atoms with Crippen molar-refractivity contribution in [1.29, 1.82) is 0 Å². The van der Waals surface area contributed by atoms with E-state index >= 15 is 0 Å². The molecule has 0 aromatic heterocycles. The van der Waals surface area contributed by atoms with Gasteiger partial charge in [-0.05, 0) is 32.6 Å². The minimum atomic E-state index is -0.0975. The van der Waals surface area contributed by atoms with Crippen LogP contribution in [0.1, 0.15) is 39.0 Å². The van der Waals surface area contributed by atoms with Crippen LogP contribution in [0.15, 0.2) is 0 Å². The van der Waals surface area contributed by atoms with Gasteiger partial charge in [0.2, 0.25) is 0 Å². The molecule has 0 radical (unpaired) electrons. The summed E-state index contributed by atoms with van der Waals surface area (Å²) in [6, 6.07) is 1.02. The Balaban J connectivity index is 2.51. The fourth-order valence-corrected chi connectivity index (χ4v) is 3.41. The second kappa shape index (κ2) is 6.77. The topological polar surface area (TPSA) is 23.5 Å². The summed E-state index contributed by atoms with van der Waals surface area (Å²) in [6.07, 6.45) is 7.88. The lowest BCUT2D eigenvalue weighted by molar-refractivity contribution is 0.0162. The van der Waals surface area contributed by atoms with E-state index in [0.717, 1.165) is 6.42 Å². The van der Waals surface area contributed by atoms with Gasteiger partial charge in [0.15, 0.2) is 0 Å². The fraction of sp³-hybridized carbons (Fsp3) is 1.00. The zero-order valence-electron chi connectivity index (χ0n) is 10.3. The molecule has 1 rings (SSSR count). The summed E-state index contributed by atoms with van der Waals surface area (Å²) in [4.78, 5) is 2.42. The van der Waals surface area contributed by atoms with E-state index in [1.807, 2.05) is 11.8 Å². The highest BCUT2D eigenvalue weighted by atomic mass is 32.2. The van der Waals surface area contributed by atoms with Gasteiger partial charge in [-0.15, -0.1) is 0 Å². The van der Waals surface area contributed by atoms with Crippen LogP contribution in [0.5, 0.6) is 0 Å². The Hall–Kier alpha value is 0.270. The first-order chi connectivity index (χ1) is 7.20. The maximum Gasteiger partial charge on any atom is 0.0695 e. The third-order valence-electron chi connectivity index (χ3n) is 3.62. The van der Waals surface area contributed by atoms with E-state index in [2.05, 4.69) is 25.1 Å². The summed E-state index contributed by atoms with van der Waals surface area (Å²) < 4.78 is 0. The molecule has 90 valence electrons. The zero-order valence-corrected chi connectivity index (χ0v) is 11.1. The largest absolute Gasteiger partial charge is 0.391 e. The highest BCUT2D eigenvalue weighted by Gasteiger charge is 2.29. The van der Waals surface area contributed by atoms with Crippen molar-refractivity contribution < 1.29 is 5.11 Å². The molecule has 0 aliphatic heterocycles. The van der Waals surface area contributed by atoms with E-state index in [0.29, 0.717) is 12.1 Å². The zero-order chi connectivity index (χ0) is 11.3. The number of rotatable bonds is 5. The Morgan fingerprint density at radius 2 is 2.07 bits per heavy atom. The first-order valence-electron chi connectivity index (χ1n) is 6.09. The average Bonchev–Trinajstić information content (AvgIpc) is 2.25. The van der Waals surface area contributed by atoms with Crippen molar-refractivity contribution in [3.63, 3.8) is 0 Å². The molecule has 0 heterocycles. The normalized spacial score (nSPS) is 29.4. The number of likely N-dealkylation sites (N-methyl/N-ethyl adjacent to an activating group) is 1. The molecule has 0 aromatic rings. The highest BCUT2D eigenvalue weighted by molar-refractivity contribution is 7.98. The number of hydrogen-bond donors (Lipinski definition) is 1. The first kappa shape index (κ1) is 13.3. The van der Waals surface area contributed by atoms with Crippen LogP contribution in [-0.2, 0) is 0 Å². The molecule has 3 heteroatoms. The molecule has 1 saturated carbocycles. The predicted molar refractivity (Wildman–Crippen MR) is 68.5 cm³/mol. The molecule has 0 bridgehead atoms. The summed E-state index contributed by atoms with van der Waals surface area (Å²) in [5, 5.41) is 10.0. The fourth-order valence-electron chi connectivity index (χ4n) is 2.55. The van der Waals surface area contributed by atoms with Crippen LogP contribution in [0.2, 0.25) is 0 Å². The van der Waals surface area contributed by atoms with Crippen LogP contribution in [-0.4, -0.2) is 47.3 Å². The van der Waals surface area contributed by atoms with Crippen LogP contribution in [0, 0.1) is 0 Å². The van der Waals surface area contributed by atoms with Gasteiger partial charge in [0.1, 0.15) is 0 Å². The predicted octanol–water partition coefficient (Wildman–Crippen LogP) is 2.36. The smallest absolute Gasteiger partial charge is 0.0695 e. The molecule has 0 spiro atoms. The monoisotopic (exact) mass is 231 g/mol. The van der Waals surface area contributed by atoms with E-state index < -0.39 is 0 Å². The lowest BCUT2D eigenvalue weighted by Gasteiger charge is -2.39. The summed E-state index contributed by atoms with van der Waals surface area (Å²) in [5.41, 5.74) is 0. The Morgan fingerprint density at radius 1 is 1.40 bits per heavy atom. The van der Waals surface area contributed by atoms with E-state index in [9.17, 15) is 5.11 Å². The van der Waals surface area contributed by atoms with Gasteiger partial charge in [-0.1, -0.05) is 19.8 Å². The molecule has 1 N–H and O–H groups in total. The number of aliphatic hydroxyl groups is 1. The number of aliphatic hydroxyl groups excluding tert-OH is 1. The molecule has 1 fully saturated rings. The number of nitrogens with zero attached hydrogens (tertiary/aromatic N) is 1. The Labute approximate surface area is 98.4 Å². The van der Waals surface area contributed by atoms with Crippen molar-refractivity contribution in [2.75, 3.05) is 19.1 Å². The second-order valence-corrected chi connectivity index (χ2v) is 5.51. The van der Waals surface area contributed by atoms with Crippen LogP contribution < -0.4 is 0 Å². The van der Waals surface area contributed by atoms with Gasteiger partial charge in [0.05, 0.1) is 6.10 Å². The molecular weight excluding hydrogens is 206 g/mol. The lowest BCUT2D eigenvalue weighted by atomic mass is 9.90. The van der Waals surface area contributed by atoms with Gasteiger partial charge in [-0.2, -0.15) is 11.8 Å². The lowest BCUT2D eigenvalue weighted by Crippen LogP contribution is -2.48. The SMILES string of the molecule is CCC(CSC)N(C)C1CCCCC1O. The maximum atomic E-state index is 10.0. The average molecular weight is 231 g/mol. The van der Waals surface area contributed by atoms with Crippen molar-refractivity contribution in [3.8, 4) is 0 Å². The van der Waals surface area contributed by atoms with Crippen molar-refractivity contribution >= 4 is 11.8 Å².